The molecule has 1 aliphatic heterocycles. The van der Waals surface area contributed by atoms with Crippen LogP contribution in [-0.2, 0) is 4.74 Å². The van der Waals surface area contributed by atoms with E-state index in [-0.39, 0.29) is 11.6 Å². The van der Waals surface area contributed by atoms with Gasteiger partial charge in [-0.15, -0.1) is 0 Å². The molecule has 0 aromatic heterocycles. The molecule has 1 saturated heterocycles. The number of benzene rings is 2. The van der Waals surface area contributed by atoms with Gasteiger partial charge < -0.3 is 14.8 Å². The van der Waals surface area contributed by atoms with E-state index < -0.39 is 0 Å². The fraction of sp³-hybridized carbons (Fsp3) is 0.278. The Labute approximate surface area is 135 Å². The molecule has 2 amide bonds. The van der Waals surface area contributed by atoms with E-state index >= 15 is 0 Å². The SMILES string of the molecule is CC1(C)COCN1C(=O)Nc1ccc(Oc2ccccc2)cc1. The van der Waals surface area contributed by atoms with E-state index in [0.29, 0.717) is 13.3 Å². The van der Waals surface area contributed by atoms with Crippen LogP contribution in [0.25, 0.3) is 0 Å². The molecule has 5 heteroatoms. The molecule has 2 aromatic carbocycles. The Hall–Kier alpha value is -2.53. The molecule has 0 spiro atoms. The maximum atomic E-state index is 12.3. The number of hydrogen-bond acceptors (Lipinski definition) is 3. The Morgan fingerprint density at radius 2 is 1.74 bits per heavy atom. The molecule has 0 atom stereocenters. The van der Waals surface area contributed by atoms with Gasteiger partial charge in [0.1, 0.15) is 18.2 Å². The van der Waals surface area contributed by atoms with Crippen molar-refractivity contribution in [1.29, 1.82) is 0 Å². The zero-order valence-corrected chi connectivity index (χ0v) is 13.3. The first-order valence-electron chi connectivity index (χ1n) is 7.54. The van der Waals surface area contributed by atoms with Gasteiger partial charge in [0.25, 0.3) is 0 Å². The maximum absolute atomic E-state index is 12.3. The second kappa shape index (κ2) is 6.30. The molecule has 120 valence electrons. The summed E-state index contributed by atoms with van der Waals surface area (Å²) >= 11 is 0. The van der Waals surface area contributed by atoms with E-state index in [1.165, 1.54) is 0 Å². The van der Waals surface area contributed by atoms with Crippen molar-refractivity contribution in [3.63, 3.8) is 0 Å². The summed E-state index contributed by atoms with van der Waals surface area (Å²) in [6.07, 6.45) is 0. The summed E-state index contributed by atoms with van der Waals surface area (Å²) < 4.78 is 11.1. The van der Waals surface area contributed by atoms with Crippen molar-refractivity contribution < 1.29 is 14.3 Å². The number of amides is 2. The highest BCUT2D eigenvalue weighted by Gasteiger charge is 2.36. The number of urea groups is 1. The molecule has 1 heterocycles. The first-order valence-corrected chi connectivity index (χ1v) is 7.54. The van der Waals surface area contributed by atoms with Crippen LogP contribution in [0.5, 0.6) is 11.5 Å². The lowest BCUT2D eigenvalue weighted by atomic mass is 10.1. The van der Waals surface area contributed by atoms with Crippen LogP contribution in [0.15, 0.2) is 54.6 Å². The maximum Gasteiger partial charge on any atom is 0.324 e. The summed E-state index contributed by atoms with van der Waals surface area (Å²) in [6, 6.07) is 16.7. The first-order chi connectivity index (χ1) is 11.0. The smallest absolute Gasteiger partial charge is 0.324 e. The number of nitrogens with one attached hydrogen (secondary N) is 1. The number of hydrogen-bond donors (Lipinski definition) is 1. The van der Waals surface area contributed by atoms with Crippen molar-refractivity contribution >= 4 is 11.7 Å². The van der Waals surface area contributed by atoms with Crippen LogP contribution in [0.2, 0.25) is 0 Å². The topological polar surface area (TPSA) is 50.8 Å². The highest BCUT2D eigenvalue weighted by Crippen LogP contribution is 2.25. The summed E-state index contributed by atoms with van der Waals surface area (Å²) in [7, 11) is 0. The molecule has 3 rings (SSSR count). The monoisotopic (exact) mass is 312 g/mol. The summed E-state index contributed by atoms with van der Waals surface area (Å²) in [4.78, 5) is 14.0. The summed E-state index contributed by atoms with van der Waals surface area (Å²) in [6.45, 7) is 4.82. The minimum absolute atomic E-state index is 0.163. The average molecular weight is 312 g/mol. The number of anilines is 1. The number of carbonyl (C=O) groups excluding carboxylic acids is 1. The van der Waals surface area contributed by atoms with Crippen LogP contribution in [0.4, 0.5) is 10.5 Å². The highest BCUT2D eigenvalue weighted by molar-refractivity contribution is 5.90. The van der Waals surface area contributed by atoms with Crippen molar-refractivity contribution in [2.75, 3.05) is 18.7 Å². The van der Waals surface area contributed by atoms with Crippen LogP contribution in [0.1, 0.15) is 13.8 Å². The minimum Gasteiger partial charge on any atom is -0.457 e. The fourth-order valence-electron chi connectivity index (χ4n) is 2.39. The predicted octanol–water partition coefficient (Wildman–Crippen LogP) is 4.08. The summed E-state index contributed by atoms with van der Waals surface area (Å²) in [5.74, 6) is 1.50. The normalized spacial score (nSPS) is 16.2. The zero-order chi connectivity index (χ0) is 16.3. The van der Waals surface area contributed by atoms with E-state index in [2.05, 4.69) is 5.32 Å². The fourth-order valence-corrected chi connectivity index (χ4v) is 2.39. The van der Waals surface area contributed by atoms with Gasteiger partial charge in [-0.25, -0.2) is 4.79 Å². The van der Waals surface area contributed by atoms with Gasteiger partial charge in [0.05, 0.1) is 12.1 Å². The second-order valence-corrected chi connectivity index (χ2v) is 6.09. The molecule has 2 aromatic rings. The van der Waals surface area contributed by atoms with E-state index in [1.807, 2.05) is 68.4 Å². The number of nitrogens with zero attached hydrogens (tertiary/aromatic N) is 1. The van der Waals surface area contributed by atoms with Gasteiger partial charge in [0.2, 0.25) is 0 Å². The molecule has 1 N–H and O–H groups in total. The molecule has 0 unspecified atom stereocenters. The van der Waals surface area contributed by atoms with Gasteiger partial charge in [0, 0.05) is 5.69 Å². The van der Waals surface area contributed by atoms with Crippen molar-refractivity contribution in [3.8, 4) is 11.5 Å². The Morgan fingerprint density at radius 1 is 1.09 bits per heavy atom. The molecule has 0 aliphatic carbocycles. The third-order valence-corrected chi connectivity index (χ3v) is 3.74. The third-order valence-electron chi connectivity index (χ3n) is 3.74. The average Bonchev–Trinajstić information content (AvgIpc) is 2.90. The van der Waals surface area contributed by atoms with E-state index in [9.17, 15) is 4.79 Å². The van der Waals surface area contributed by atoms with E-state index in [0.717, 1.165) is 17.2 Å². The quantitative estimate of drug-likeness (QED) is 0.929. The molecular formula is C18H20N2O3. The molecule has 0 radical (unpaired) electrons. The van der Waals surface area contributed by atoms with Gasteiger partial charge in [0.15, 0.2) is 0 Å². The van der Waals surface area contributed by atoms with Gasteiger partial charge in [-0.3, -0.25) is 4.90 Å². The zero-order valence-electron chi connectivity index (χ0n) is 13.3. The summed E-state index contributed by atoms with van der Waals surface area (Å²) in [5, 5.41) is 2.88. The standard InChI is InChI=1S/C18H20N2O3/c1-18(2)12-22-13-20(18)17(21)19-14-8-10-16(11-9-14)23-15-6-4-3-5-7-15/h3-11H,12-13H2,1-2H3,(H,19,21). The van der Waals surface area contributed by atoms with Crippen molar-refractivity contribution in [2.45, 2.75) is 19.4 Å². The van der Waals surface area contributed by atoms with Crippen molar-refractivity contribution in [3.05, 3.63) is 54.6 Å². The summed E-state index contributed by atoms with van der Waals surface area (Å²) in [5.41, 5.74) is 0.429. The number of rotatable bonds is 3. The molecule has 5 nitrogen and oxygen atoms in total. The van der Waals surface area contributed by atoms with Gasteiger partial charge in [-0.05, 0) is 50.2 Å². The lowest BCUT2D eigenvalue weighted by molar-refractivity contribution is 0.147. The van der Waals surface area contributed by atoms with Crippen LogP contribution < -0.4 is 10.1 Å². The number of carbonyl (C=O) groups is 1. The van der Waals surface area contributed by atoms with Crippen molar-refractivity contribution in [2.24, 2.45) is 0 Å². The van der Waals surface area contributed by atoms with Crippen LogP contribution in [0.3, 0.4) is 0 Å². The molecule has 1 aliphatic rings. The highest BCUT2D eigenvalue weighted by atomic mass is 16.5. The molecule has 23 heavy (non-hydrogen) atoms. The third kappa shape index (κ3) is 3.63. The van der Waals surface area contributed by atoms with Crippen LogP contribution in [-0.4, -0.2) is 29.8 Å². The molecule has 1 fully saturated rings. The Balaban J connectivity index is 1.62. The molecular weight excluding hydrogens is 292 g/mol. The van der Waals surface area contributed by atoms with Gasteiger partial charge in [-0.1, -0.05) is 18.2 Å². The van der Waals surface area contributed by atoms with E-state index in [1.54, 1.807) is 4.90 Å². The Morgan fingerprint density at radius 3 is 2.35 bits per heavy atom. The lowest BCUT2D eigenvalue weighted by Crippen LogP contribution is -2.46. The first kappa shape index (κ1) is 15.4. The minimum atomic E-state index is -0.291. The Kier molecular flexibility index (Phi) is 4.21. The second-order valence-electron chi connectivity index (χ2n) is 6.09. The largest absolute Gasteiger partial charge is 0.457 e. The van der Waals surface area contributed by atoms with Crippen LogP contribution >= 0.6 is 0 Å². The Bertz CT molecular complexity index is 668. The van der Waals surface area contributed by atoms with Gasteiger partial charge >= 0.3 is 6.03 Å². The molecule has 0 saturated carbocycles. The predicted molar refractivity (Wildman–Crippen MR) is 88.7 cm³/mol. The van der Waals surface area contributed by atoms with E-state index in [4.69, 9.17) is 9.47 Å². The molecule has 0 bridgehead atoms. The lowest BCUT2D eigenvalue weighted by Gasteiger charge is -2.29. The number of ether oxygens (including phenoxy) is 2. The van der Waals surface area contributed by atoms with Crippen molar-refractivity contribution in [1.82, 2.24) is 4.90 Å². The number of para-hydroxylation sites is 1. The van der Waals surface area contributed by atoms with Gasteiger partial charge in [-0.2, -0.15) is 0 Å². The van der Waals surface area contributed by atoms with Crippen LogP contribution in [0, 0.1) is 0 Å².